The number of benzene rings is 2. The standard InChI is InChI=1S/C17H18BrN3O2S/c1-3-23-15-10-12(9-14(18)16(15)22-2)11-19-21-17(24)20-13-7-5-4-6-8-13/h4-11H,3H2,1-2H3,(H2,20,21,24)/b19-11+. The summed E-state index contributed by atoms with van der Waals surface area (Å²) in [6.07, 6.45) is 1.66. The topological polar surface area (TPSA) is 54.9 Å². The summed E-state index contributed by atoms with van der Waals surface area (Å²) in [6.45, 7) is 2.47. The molecule has 0 aliphatic rings. The molecule has 0 saturated carbocycles. The van der Waals surface area contributed by atoms with Crippen LogP contribution in [0, 0.1) is 0 Å². The van der Waals surface area contributed by atoms with Crippen molar-refractivity contribution >= 4 is 45.2 Å². The van der Waals surface area contributed by atoms with Crippen molar-refractivity contribution in [2.24, 2.45) is 5.10 Å². The highest BCUT2D eigenvalue weighted by atomic mass is 79.9. The minimum atomic E-state index is 0.412. The molecule has 0 amide bonds. The fourth-order valence-corrected chi connectivity index (χ4v) is 2.76. The zero-order valence-electron chi connectivity index (χ0n) is 13.4. The van der Waals surface area contributed by atoms with E-state index in [2.05, 4.69) is 31.8 Å². The van der Waals surface area contributed by atoms with Crippen molar-refractivity contribution < 1.29 is 9.47 Å². The predicted molar refractivity (Wildman–Crippen MR) is 105 cm³/mol. The number of nitrogens with one attached hydrogen (secondary N) is 2. The zero-order valence-corrected chi connectivity index (χ0v) is 15.8. The lowest BCUT2D eigenvalue weighted by molar-refractivity contribution is 0.310. The van der Waals surface area contributed by atoms with Crippen molar-refractivity contribution in [1.82, 2.24) is 5.43 Å². The molecule has 0 fully saturated rings. The van der Waals surface area contributed by atoms with Crippen molar-refractivity contribution in [3.8, 4) is 11.5 Å². The summed E-state index contributed by atoms with van der Waals surface area (Å²) >= 11 is 8.66. The van der Waals surface area contributed by atoms with Gasteiger partial charge >= 0.3 is 0 Å². The van der Waals surface area contributed by atoms with Crippen molar-refractivity contribution in [2.75, 3.05) is 19.0 Å². The zero-order chi connectivity index (χ0) is 17.4. The molecule has 0 radical (unpaired) electrons. The van der Waals surface area contributed by atoms with Crippen molar-refractivity contribution in [3.05, 3.63) is 52.5 Å². The van der Waals surface area contributed by atoms with Gasteiger partial charge in [0.25, 0.3) is 0 Å². The van der Waals surface area contributed by atoms with E-state index in [0.29, 0.717) is 23.2 Å². The van der Waals surface area contributed by atoms with Crippen LogP contribution in [0.25, 0.3) is 0 Å². The van der Waals surface area contributed by atoms with E-state index in [1.807, 2.05) is 49.4 Å². The second kappa shape index (κ2) is 9.24. The number of halogens is 1. The Morgan fingerprint density at radius 2 is 2.04 bits per heavy atom. The van der Waals surface area contributed by atoms with Crippen LogP contribution in [0.2, 0.25) is 0 Å². The van der Waals surface area contributed by atoms with Gasteiger partial charge in [0, 0.05) is 5.69 Å². The summed E-state index contributed by atoms with van der Waals surface area (Å²) in [5, 5.41) is 7.59. The molecule has 0 bridgehead atoms. The molecule has 5 nitrogen and oxygen atoms in total. The van der Waals surface area contributed by atoms with Crippen LogP contribution < -0.4 is 20.2 Å². The van der Waals surface area contributed by atoms with Crippen molar-refractivity contribution in [1.29, 1.82) is 0 Å². The SMILES string of the molecule is CCOc1cc(/C=N/NC(=S)Nc2ccccc2)cc(Br)c1OC. The van der Waals surface area contributed by atoms with E-state index in [0.717, 1.165) is 15.7 Å². The fraction of sp³-hybridized carbons (Fsp3) is 0.176. The van der Waals surface area contributed by atoms with Gasteiger partial charge in [-0.3, -0.25) is 5.43 Å². The van der Waals surface area contributed by atoms with Crippen LogP contribution in [0.4, 0.5) is 5.69 Å². The number of anilines is 1. The summed E-state index contributed by atoms with van der Waals surface area (Å²) in [6, 6.07) is 13.4. The van der Waals surface area contributed by atoms with Crippen LogP contribution >= 0.6 is 28.1 Å². The first-order valence-electron chi connectivity index (χ1n) is 7.29. The third kappa shape index (κ3) is 5.21. The molecule has 0 aliphatic heterocycles. The molecule has 2 rings (SSSR count). The molecule has 2 aromatic carbocycles. The highest BCUT2D eigenvalue weighted by Gasteiger charge is 2.10. The normalized spacial score (nSPS) is 10.5. The Labute approximate surface area is 155 Å². The molecule has 0 aromatic heterocycles. The van der Waals surface area contributed by atoms with Crippen LogP contribution in [0.15, 0.2) is 52.0 Å². The minimum absolute atomic E-state index is 0.412. The van der Waals surface area contributed by atoms with Gasteiger partial charge in [0.1, 0.15) is 0 Å². The Bertz CT molecular complexity index is 723. The maximum atomic E-state index is 5.58. The average Bonchev–Trinajstić information content (AvgIpc) is 2.56. The molecule has 7 heteroatoms. The van der Waals surface area contributed by atoms with Crippen molar-refractivity contribution in [3.63, 3.8) is 0 Å². The lowest BCUT2D eigenvalue weighted by atomic mass is 10.2. The summed E-state index contributed by atoms with van der Waals surface area (Å²) in [4.78, 5) is 0. The maximum absolute atomic E-state index is 5.58. The van der Waals surface area contributed by atoms with E-state index >= 15 is 0 Å². The molecule has 2 N–H and O–H groups in total. The van der Waals surface area contributed by atoms with Gasteiger partial charge in [-0.1, -0.05) is 18.2 Å². The molecular weight excluding hydrogens is 390 g/mol. The molecule has 0 heterocycles. The first kappa shape index (κ1) is 18.2. The Kier molecular flexibility index (Phi) is 7.02. The highest BCUT2D eigenvalue weighted by Crippen LogP contribution is 2.36. The van der Waals surface area contributed by atoms with Gasteiger partial charge < -0.3 is 14.8 Å². The molecule has 0 saturated heterocycles. The largest absolute Gasteiger partial charge is 0.492 e. The number of hydrogen-bond donors (Lipinski definition) is 2. The quantitative estimate of drug-likeness (QED) is 0.427. The number of thiocarbonyl (C=S) groups is 1. The number of para-hydroxylation sites is 1. The Hall–Kier alpha value is -2.12. The van der Waals surface area contributed by atoms with Gasteiger partial charge in [-0.15, -0.1) is 0 Å². The third-order valence-corrected chi connectivity index (χ3v) is 3.73. The van der Waals surface area contributed by atoms with Gasteiger partial charge in [-0.25, -0.2) is 0 Å². The van der Waals surface area contributed by atoms with Crippen LogP contribution in [-0.2, 0) is 0 Å². The molecule has 0 aliphatic carbocycles. The lowest BCUT2D eigenvalue weighted by Crippen LogP contribution is -2.23. The van der Waals surface area contributed by atoms with E-state index in [1.54, 1.807) is 13.3 Å². The number of methoxy groups -OCH3 is 1. The number of hydrazone groups is 1. The Balaban J connectivity index is 2.02. The first-order chi connectivity index (χ1) is 11.6. The molecule has 0 atom stereocenters. The molecular formula is C17H18BrN3O2S. The van der Waals surface area contributed by atoms with E-state index in [1.165, 1.54) is 0 Å². The van der Waals surface area contributed by atoms with Crippen molar-refractivity contribution in [2.45, 2.75) is 6.92 Å². The van der Waals surface area contributed by atoms with Gasteiger partial charge in [0.2, 0.25) is 0 Å². The van der Waals surface area contributed by atoms with Gasteiger partial charge in [0.05, 0.1) is 24.4 Å². The van der Waals surface area contributed by atoms with Gasteiger partial charge in [-0.2, -0.15) is 5.10 Å². The predicted octanol–water partition coefficient (Wildman–Crippen LogP) is 4.18. The van der Waals surface area contributed by atoms with Gasteiger partial charge in [-0.05, 0) is 64.9 Å². The maximum Gasteiger partial charge on any atom is 0.191 e. The smallest absolute Gasteiger partial charge is 0.191 e. The van der Waals surface area contributed by atoms with Gasteiger partial charge in [0.15, 0.2) is 16.6 Å². The molecule has 0 unspecified atom stereocenters. The lowest BCUT2D eigenvalue weighted by Gasteiger charge is -2.12. The van der Waals surface area contributed by atoms with Crippen LogP contribution in [0.3, 0.4) is 0 Å². The second-order valence-electron chi connectivity index (χ2n) is 4.66. The van der Waals surface area contributed by atoms with E-state index in [4.69, 9.17) is 21.7 Å². The first-order valence-corrected chi connectivity index (χ1v) is 8.49. The van der Waals surface area contributed by atoms with E-state index in [-0.39, 0.29) is 0 Å². The Morgan fingerprint density at radius 1 is 1.29 bits per heavy atom. The fourth-order valence-electron chi connectivity index (χ4n) is 1.97. The summed E-state index contributed by atoms with van der Waals surface area (Å²) < 4.78 is 11.7. The second-order valence-corrected chi connectivity index (χ2v) is 5.92. The number of rotatable bonds is 6. The third-order valence-electron chi connectivity index (χ3n) is 2.95. The van der Waals surface area contributed by atoms with E-state index < -0.39 is 0 Å². The minimum Gasteiger partial charge on any atom is -0.492 e. The van der Waals surface area contributed by atoms with Crippen LogP contribution in [-0.4, -0.2) is 25.0 Å². The molecule has 2 aromatic rings. The number of ether oxygens (including phenoxy) is 2. The summed E-state index contributed by atoms with van der Waals surface area (Å²) in [7, 11) is 1.60. The van der Waals surface area contributed by atoms with Crippen LogP contribution in [0.1, 0.15) is 12.5 Å². The monoisotopic (exact) mass is 407 g/mol. The highest BCUT2D eigenvalue weighted by molar-refractivity contribution is 9.10. The van der Waals surface area contributed by atoms with Crippen LogP contribution in [0.5, 0.6) is 11.5 Å². The Morgan fingerprint density at radius 3 is 2.71 bits per heavy atom. The molecule has 24 heavy (non-hydrogen) atoms. The summed E-state index contributed by atoms with van der Waals surface area (Å²) in [5.74, 6) is 1.31. The molecule has 126 valence electrons. The number of hydrogen-bond acceptors (Lipinski definition) is 4. The average molecular weight is 408 g/mol. The van der Waals surface area contributed by atoms with E-state index in [9.17, 15) is 0 Å². The molecule has 0 spiro atoms. The summed E-state index contributed by atoms with van der Waals surface area (Å²) in [5.41, 5.74) is 4.53. The number of nitrogens with zero attached hydrogens (tertiary/aromatic N) is 1.